The third-order valence-corrected chi connectivity index (χ3v) is 4.79. The Bertz CT molecular complexity index is 224. The Kier molecular flexibility index (Phi) is 2.24. The number of ether oxygens (including phenoxy) is 1. The van der Waals surface area contributed by atoms with E-state index in [1.807, 2.05) is 0 Å². The summed E-state index contributed by atoms with van der Waals surface area (Å²) in [7, 11) is 0. The van der Waals surface area contributed by atoms with Gasteiger partial charge in [0, 0.05) is 4.43 Å². The number of alkyl halides is 1. The number of hydrogen-bond donors (Lipinski definition) is 0. The molecule has 1 nitrogen and oxygen atoms in total. The van der Waals surface area contributed by atoms with Gasteiger partial charge in [-0.2, -0.15) is 0 Å². The van der Waals surface area contributed by atoms with E-state index in [1.54, 1.807) is 0 Å². The molecule has 3 atom stereocenters. The van der Waals surface area contributed by atoms with E-state index in [9.17, 15) is 0 Å². The van der Waals surface area contributed by atoms with Crippen LogP contribution in [0, 0.1) is 5.92 Å². The van der Waals surface area contributed by atoms with Crippen LogP contribution in [0.5, 0.6) is 0 Å². The molecule has 2 heteroatoms. The van der Waals surface area contributed by atoms with Crippen molar-refractivity contribution in [1.29, 1.82) is 0 Å². The number of rotatable bonds is 1. The van der Waals surface area contributed by atoms with Crippen LogP contribution >= 0.6 is 22.6 Å². The average molecular weight is 278 g/mol. The lowest BCUT2D eigenvalue weighted by Gasteiger charge is -2.26. The van der Waals surface area contributed by atoms with Crippen molar-refractivity contribution in [2.45, 2.75) is 38.4 Å². The molecule has 68 valence electrons. The van der Waals surface area contributed by atoms with Gasteiger partial charge in [0.15, 0.2) is 0 Å². The van der Waals surface area contributed by atoms with E-state index >= 15 is 0 Å². The van der Waals surface area contributed by atoms with Crippen LogP contribution < -0.4 is 0 Å². The molecule has 0 radical (unpaired) electrons. The van der Waals surface area contributed by atoms with E-state index in [0.29, 0.717) is 6.10 Å². The van der Waals surface area contributed by atoms with Crippen LogP contribution in [0.1, 0.15) is 26.7 Å². The predicted molar refractivity (Wildman–Crippen MR) is 58.6 cm³/mol. The molecule has 0 aromatic carbocycles. The van der Waals surface area contributed by atoms with Gasteiger partial charge in [0.25, 0.3) is 0 Å². The van der Waals surface area contributed by atoms with Crippen molar-refractivity contribution < 1.29 is 4.74 Å². The summed E-state index contributed by atoms with van der Waals surface area (Å²) < 4.78 is 7.18. The van der Waals surface area contributed by atoms with Gasteiger partial charge in [0.2, 0.25) is 0 Å². The second-order valence-electron chi connectivity index (χ2n) is 4.17. The summed E-state index contributed by atoms with van der Waals surface area (Å²) in [6.45, 7) is 4.45. The second kappa shape index (κ2) is 2.98. The molecular weight excluding hydrogens is 263 g/mol. The second-order valence-corrected chi connectivity index (χ2v) is 4.93. The summed E-state index contributed by atoms with van der Waals surface area (Å²) in [5, 5.41) is 0. The molecule has 1 aliphatic heterocycles. The summed E-state index contributed by atoms with van der Waals surface area (Å²) in [5.41, 5.74) is 1.60. The zero-order valence-electron chi connectivity index (χ0n) is 7.64. The van der Waals surface area contributed by atoms with Crippen molar-refractivity contribution in [2.75, 3.05) is 4.43 Å². The molecule has 0 aromatic heterocycles. The Labute approximate surface area is 87.7 Å². The summed E-state index contributed by atoms with van der Waals surface area (Å²) in [4.78, 5) is 0. The van der Waals surface area contributed by atoms with E-state index in [2.05, 4.69) is 42.5 Å². The van der Waals surface area contributed by atoms with Crippen LogP contribution in [0.25, 0.3) is 0 Å². The Morgan fingerprint density at radius 3 is 3.08 bits per heavy atom. The van der Waals surface area contributed by atoms with Gasteiger partial charge in [0.1, 0.15) is 0 Å². The van der Waals surface area contributed by atoms with Gasteiger partial charge in [0.05, 0.1) is 11.7 Å². The largest absolute Gasteiger partial charge is 0.367 e. The molecule has 2 rings (SSSR count). The fourth-order valence-corrected chi connectivity index (χ4v) is 3.00. The Morgan fingerprint density at radius 1 is 1.75 bits per heavy atom. The molecule has 0 aromatic rings. The maximum Gasteiger partial charge on any atom is 0.0794 e. The van der Waals surface area contributed by atoms with Gasteiger partial charge in [-0.1, -0.05) is 28.7 Å². The third-order valence-electron chi connectivity index (χ3n) is 3.27. The molecule has 1 heterocycles. The quantitative estimate of drug-likeness (QED) is 0.407. The molecule has 12 heavy (non-hydrogen) atoms. The van der Waals surface area contributed by atoms with Crippen molar-refractivity contribution in [2.24, 2.45) is 5.92 Å². The minimum atomic E-state index is 0.152. The highest BCUT2D eigenvalue weighted by molar-refractivity contribution is 14.1. The third kappa shape index (κ3) is 1.23. The topological polar surface area (TPSA) is 9.23 Å². The van der Waals surface area contributed by atoms with E-state index < -0.39 is 0 Å². The lowest BCUT2D eigenvalue weighted by atomic mass is 9.82. The average Bonchev–Trinajstić information content (AvgIpc) is 2.35. The highest BCUT2D eigenvalue weighted by Crippen LogP contribution is 2.45. The highest BCUT2D eigenvalue weighted by Gasteiger charge is 2.45. The lowest BCUT2D eigenvalue weighted by Crippen LogP contribution is -2.32. The maximum absolute atomic E-state index is 6.06. The van der Waals surface area contributed by atoms with Crippen LogP contribution in [-0.4, -0.2) is 16.1 Å². The van der Waals surface area contributed by atoms with E-state index in [4.69, 9.17) is 4.74 Å². The van der Waals surface area contributed by atoms with Crippen LogP contribution in [-0.2, 0) is 4.74 Å². The standard InChI is InChI=1S/C10H15IO/c1-7-3-4-8-5-9(7)12-10(8,2)6-11/h3,8-9H,4-6H2,1-2H3/t8-,9-,10-/m1/s1. The normalized spacial score (nSPS) is 46.1. The molecule has 0 spiro atoms. The van der Waals surface area contributed by atoms with Crippen molar-refractivity contribution in [1.82, 2.24) is 0 Å². The van der Waals surface area contributed by atoms with E-state index in [0.717, 1.165) is 10.3 Å². The van der Waals surface area contributed by atoms with Gasteiger partial charge >= 0.3 is 0 Å². The molecule has 2 aliphatic rings. The maximum atomic E-state index is 6.06. The van der Waals surface area contributed by atoms with E-state index in [1.165, 1.54) is 18.4 Å². The summed E-state index contributed by atoms with van der Waals surface area (Å²) in [6.07, 6.45) is 5.27. The molecule has 1 saturated heterocycles. The number of halogens is 1. The van der Waals surface area contributed by atoms with Crippen LogP contribution in [0.4, 0.5) is 0 Å². The molecule has 0 N–H and O–H groups in total. The van der Waals surface area contributed by atoms with Crippen LogP contribution in [0.2, 0.25) is 0 Å². The van der Waals surface area contributed by atoms with Gasteiger partial charge in [-0.05, 0) is 38.2 Å². The minimum Gasteiger partial charge on any atom is -0.367 e. The van der Waals surface area contributed by atoms with Crippen LogP contribution in [0.15, 0.2) is 11.6 Å². The number of fused-ring (bicyclic) bond motifs is 2. The zero-order valence-corrected chi connectivity index (χ0v) is 9.80. The van der Waals surface area contributed by atoms with E-state index in [-0.39, 0.29) is 5.60 Å². The van der Waals surface area contributed by atoms with Gasteiger partial charge < -0.3 is 4.74 Å². The summed E-state index contributed by atoms with van der Waals surface area (Å²) in [6, 6.07) is 0. The van der Waals surface area contributed by atoms with Crippen molar-refractivity contribution >= 4 is 22.6 Å². The van der Waals surface area contributed by atoms with Crippen molar-refractivity contribution in [3.05, 3.63) is 11.6 Å². The predicted octanol–water partition coefficient (Wildman–Crippen LogP) is 2.94. The Morgan fingerprint density at radius 2 is 2.50 bits per heavy atom. The fraction of sp³-hybridized carbons (Fsp3) is 0.800. The first kappa shape index (κ1) is 9.00. The number of hydrogen-bond acceptors (Lipinski definition) is 1. The smallest absolute Gasteiger partial charge is 0.0794 e. The Balaban J connectivity index is 2.21. The first-order valence-electron chi connectivity index (χ1n) is 4.56. The lowest BCUT2D eigenvalue weighted by molar-refractivity contribution is -0.00752. The summed E-state index contributed by atoms with van der Waals surface area (Å²) >= 11 is 2.44. The molecule has 1 fully saturated rings. The number of allylic oxidation sites excluding steroid dienone is 1. The van der Waals surface area contributed by atoms with Gasteiger partial charge in [-0.25, -0.2) is 0 Å². The molecule has 0 unspecified atom stereocenters. The Hall–Kier alpha value is 0.430. The van der Waals surface area contributed by atoms with Gasteiger partial charge in [-0.3, -0.25) is 0 Å². The molecule has 0 saturated carbocycles. The highest BCUT2D eigenvalue weighted by atomic mass is 127. The van der Waals surface area contributed by atoms with Crippen LogP contribution in [0.3, 0.4) is 0 Å². The monoisotopic (exact) mass is 278 g/mol. The summed E-state index contributed by atoms with van der Waals surface area (Å²) in [5.74, 6) is 0.767. The fourth-order valence-electron chi connectivity index (χ4n) is 2.20. The molecule has 2 bridgehead atoms. The molecule has 0 amide bonds. The first-order chi connectivity index (χ1) is 5.65. The van der Waals surface area contributed by atoms with Crippen molar-refractivity contribution in [3.63, 3.8) is 0 Å². The minimum absolute atomic E-state index is 0.152. The SMILES string of the molecule is CC1=CC[C@@H]2C[C@H]1O[C@]2(C)CI. The van der Waals surface area contributed by atoms with Gasteiger partial charge in [-0.15, -0.1) is 0 Å². The zero-order chi connectivity index (χ0) is 8.77. The first-order valence-corrected chi connectivity index (χ1v) is 6.09. The van der Waals surface area contributed by atoms with Crippen molar-refractivity contribution in [3.8, 4) is 0 Å². The molecule has 1 aliphatic carbocycles. The molecular formula is C10H15IO.